The van der Waals surface area contributed by atoms with E-state index in [9.17, 15) is 0 Å². The molecule has 0 spiro atoms. The molecule has 55 heavy (non-hydrogen) atoms. The normalized spacial score (nSPS) is 21.2. The highest BCUT2D eigenvalue weighted by molar-refractivity contribution is 7.79. The third-order valence-electron chi connectivity index (χ3n) is 12.3. The molecule has 3 aliphatic rings. The maximum Gasteiger partial charge on any atom is 0.237 e. The summed E-state index contributed by atoms with van der Waals surface area (Å²) >= 11 is 1.95. The Morgan fingerprint density at radius 1 is 0.545 bits per heavy atom. The molecule has 2 aliphatic heterocycles. The Bertz CT molecular complexity index is 2240. The summed E-state index contributed by atoms with van der Waals surface area (Å²) < 4.78 is 0. The summed E-state index contributed by atoms with van der Waals surface area (Å²) in [6.07, 6.45) is 18.0. The smallest absolute Gasteiger partial charge is 0.237 e. The van der Waals surface area contributed by atoms with Crippen molar-refractivity contribution in [1.29, 1.82) is 0 Å². The maximum absolute atomic E-state index is 2.63. The lowest BCUT2D eigenvalue weighted by Crippen LogP contribution is -2.27. The van der Waals surface area contributed by atoms with Gasteiger partial charge in [-0.05, 0) is 89.1 Å². The topological polar surface area (TPSA) is 6.48 Å². The summed E-state index contributed by atoms with van der Waals surface area (Å²) in [6.45, 7) is 16.4. The highest BCUT2D eigenvalue weighted by Crippen LogP contribution is 2.52. The summed E-state index contributed by atoms with van der Waals surface area (Å²) in [4.78, 5) is 7.98. The van der Waals surface area contributed by atoms with E-state index in [2.05, 4.69) is 179 Å². The van der Waals surface area contributed by atoms with Crippen LogP contribution in [-0.4, -0.2) is 18.0 Å². The van der Waals surface area contributed by atoms with Gasteiger partial charge in [-0.2, -0.15) is 0 Å². The predicted octanol–water partition coefficient (Wildman–Crippen LogP) is 13.6. The second-order valence-corrected chi connectivity index (χ2v) is 17.8. The van der Waals surface area contributed by atoms with E-state index in [0.717, 1.165) is 32.4 Å². The second-order valence-electron chi connectivity index (χ2n) is 16.7. The second kappa shape index (κ2) is 15.4. The van der Waals surface area contributed by atoms with Gasteiger partial charge in [-0.15, -0.1) is 0 Å². The zero-order valence-electron chi connectivity index (χ0n) is 33.8. The van der Waals surface area contributed by atoms with Crippen LogP contribution in [0.25, 0.3) is 21.5 Å². The molecule has 2 nitrogen and oxygen atoms in total. The van der Waals surface area contributed by atoms with Gasteiger partial charge in [-0.3, -0.25) is 0 Å². The van der Waals surface area contributed by atoms with E-state index in [4.69, 9.17) is 0 Å². The van der Waals surface area contributed by atoms with Gasteiger partial charge in [0.1, 0.15) is 0 Å². The van der Waals surface area contributed by atoms with Crippen molar-refractivity contribution in [3.05, 3.63) is 161 Å². The lowest BCUT2D eigenvalue weighted by atomic mass is 9.80. The number of hydrogen-bond acceptors (Lipinski definition) is 2. The van der Waals surface area contributed by atoms with Crippen molar-refractivity contribution in [2.75, 3.05) is 22.9 Å². The summed E-state index contributed by atoms with van der Waals surface area (Å²) in [5.41, 5.74) is 11.2. The largest absolute Gasteiger partial charge is 0.344 e. The molecule has 1 fully saturated rings. The first-order valence-corrected chi connectivity index (χ1v) is 21.6. The van der Waals surface area contributed by atoms with Crippen molar-refractivity contribution >= 4 is 49.1 Å². The fourth-order valence-corrected chi connectivity index (χ4v) is 10.6. The van der Waals surface area contributed by atoms with Crippen LogP contribution in [0.4, 0.5) is 11.4 Å². The predicted molar refractivity (Wildman–Crippen MR) is 242 cm³/mol. The summed E-state index contributed by atoms with van der Waals surface area (Å²) in [5, 5.41) is 5.41. The minimum absolute atomic E-state index is 0.110. The van der Waals surface area contributed by atoms with Crippen LogP contribution in [0, 0.1) is 0 Å². The Hall–Kier alpha value is -4.73. The minimum atomic E-state index is -0.110. The van der Waals surface area contributed by atoms with Crippen LogP contribution in [0.2, 0.25) is 0 Å². The molecule has 8 rings (SSSR count). The van der Waals surface area contributed by atoms with E-state index in [1.807, 2.05) is 11.4 Å². The molecule has 5 aromatic carbocycles. The van der Waals surface area contributed by atoms with Gasteiger partial charge in [-0.25, -0.2) is 0 Å². The van der Waals surface area contributed by atoms with Crippen molar-refractivity contribution in [2.45, 2.75) is 102 Å². The molecule has 3 heteroatoms. The first-order chi connectivity index (χ1) is 26.7. The fraction of sp³-hybridized carbons (Fsp3) is 0.327. The monoisotopic (exact) mass is 741 g/mol. The van der Waals surface area contributed by atoms with E-state index in [-0.39, 0.29) is 10.8 Å². The number of fused-ring (bicyclic) bond motifs is 6. The zero-order valence-corrected chi connectivity index (χ0v) is 34.6. The van der Waals surface area contributed by atoms with Gasteiger partial charge in [0.25, 0.3) is 0 Å². The van der Waals surface area contributed by atoms with Gasteiger partial charge in [-0.1, -0.05) is 145 Å². The minimum Gasteiger partial charge on any atom is -0.344 e. The molecule has 1 aliphatic carbocycles. The Morgan fingerprint density at radius 2 is 1.00 bits per heavy atom. The number of allylic oxidation sites excluding steroid dienone is 8. The molecule has 280 valence electrons. The molecular weight excluding hydrogens is 685 g/mol. The Balaban J connectivity index is 1.24. The molecule has 5 aromatic rings. The quantitative estimate of drug-likeness (QED) is 0.0843. The fourth-order valence-electron chi connectivity index (χ4n) is 9.50. The standard InChI is InChI=1S/C52H57N2S/c1-7-9-35-53-44-31-27-37-19-14-16-25-42(37)48(44)51(3,4)46(53)33-29-39-21-18-22-40(50(39)55-41-23-12-11-13-24-41)30-34-47-52(5,6)49-43-26-17-15-20-38(43)28-32-45(49)54(47)36-10-8-2/h11-17,19-20,23-34H,7-10,18,21-22,35-36H2,1-6H3/q+1/b39-29+,40-30?,46-33+,47-34+. The highest BCUT2D eigenvalue weighted by Gasteiger charge is 2.42. The number of benzene rings is 5. The molecule has 0 amide bonds. The summed E-state index contributed by atoms with van der Waals surface area (Å²) in [6, 6.07) is 38.2. The molecule has 1 saturated carbocycles. The average molecular weight is 742 g/mol. The SMILES string of the molecule is CCCCN1/C(=C/C=C2CCC/C(=C\C=C3\N(CCCC)c4ccc5ccccc5c4C3(C)C)C2=[S+]c2ccccc2)C(C)(C)c2c1ccc1ccccc21. The average Bonchev–Trinajstić information content (AvgIpc) is 3.56. The third kappa shape index (κ3) is 6.80. The van der Waals surface area contributed by atoms with Crippen molar-refractivity contribution in [3.63, 3.8) is 0 Å². The van der Waals surface area contributed by atoms with Gasteiger partial charge in [0, 0.05) is 70.0 Å². The Labute approximate surface area is 333 Å². The van der Waals surface area contributed by atoms with E-state index in [0.29, 0.717) is 0 Å². The molecule has 0 saturated heterocycles. The van der Waals surface area contributed by atoms with Crippen molar-refractivity contribution in [1.82, 2.24) is 0 Å². The van der Waals surface area contributed by atoms with E-state index in [1.165, 1.54) is 102 Å². The van der Waals surface area contributed by atoms with Crippen LogP contribution in [0.15, 0.2) is 155 Å². The number of anilines is 2. The van der Waals surface area contributed by atoms with Crippen LogP contribution in [0.1, 0.15) is 97.6 Å². The lowest BCUT2D eigenvalue weighted by molar-refractivity contribution is 0.628. The Kier molecular flexibility index (Phi) is 10.4. The molecule has 0 unspecified atom stereocenters. The number of unbranched alkanes of at least 4 members (excludes halogenated alkanes) is 2. The molecular formula is C52H57N2S+. The van der Waals surface area contributed by atoms with Gasteiger partial charge in [0.2, 0.25) is 21.1 Å². The Morgan fingerprint density at radius 3 is 1.47 bits per heavy atom. The summed E-state index contributed by atoms with van der Waals surface area (Å²) in [7, 11) is 0. The number of hydrogen-bond donors (Lipinski definition) is 0. The summed E-state index contributed by atoms with van der Waals surface area (Å²) in [5.74, 6) is 0. The highest BCUT2D eigenvalue weighted by atomic mass is 32.1. The van der Waals surface area contributed by atoms with Crippen LogP contribution in [0.3, 0.4) is 0 Å². The molecule has 0 bridgehead atoms. The number of rotatable bonds is 9. The first kappa shape index (κ1) is 37.2. The van der Waals surface area contributed by atoms with E-state index < -0.39 is 0 Å². The van der Waals surface area contributed by atoms with Gasteiger partial charge in [0.15, 0.2) is 0 Å². The number of nitrogens with zero attached hydrogens (tertiary/aromatic N) is 2. The van der Waals surface area contributed by atoms with Crippen LogP contribution >= 0.6 is 0 Å². The van der Waals surface area contributed by atoms with Crippen LogP contribution in [0.5, 0.6) is 0 Å². The molecule has 2 heterocycles. The van der Waals surface area contributed by atoms with Crippen molar-refractivity contribution in [2.24, 2.45) is 0 Å². The first-order valence-electron chi connectivity index (χ1n) is 20.8. The van der Waals surface area contributed by atoms with Crippen LogP contribution in [-0.2, 0) is 22.2 Å². The van der Waals surface area contributed by atoms with Gasteiger partial charge in [0.05, 0.1) is 0 Å². The van der Waals surface area contributed by atoms with E-state index in [1.54, 1.807) is 0 Å². The molecule has 0 atom stereocenters. The molecule has 0 aromatic heterocycles. The maximum atomic E-state index is 2.63. The van der Waals surface area contributed by atoms with Crippen LogP contribution < -0.4 is 9.80 Å². The van der Waals surface area contributed by atoms with Crippen molar-refractivity contribution < 1.29 is 0 Å². The van der Waals surface area contributed by atoms with Gasteiger partial charge < -0.3 is 9.80 Å². The zero-order chi connectivity index (χ0) is 38.2. The molecule has 0 N–H and O–H groups in total. The lowest BCUT2D eigenvalue weighted by Gasteiger charge is -2.27. The van der Waals surface area contributed by atoms with Gasteiger partial charge >= 0.3 is 0 Å². The molecule has 0 radical (unpaired) electrons. The third-order valence-corrected chi connectivity index (χ3v) is 13.5. The van der Waals surface area contributed by atoms with E-state index >= 15 is 0 Å². The van der Waals surface area contributed by atoms with Crippen molar-refractivity contribution in [3.8, 4) is 0 Å².